The van der Waals surface area contributed by atoms with E-state index in [2.05, 4.69) is 43.4 Å². The van der Waals surface area contributed by atoms with Gasteiger partial charge in [0, 0.05) is 18.4 Å². The normalized spacial score (nSPS) is 18.2. The number of nitrogens with one attached hydrogen (secondary N) is 1. The Labute approximate surface area is 116 Å². The zero-order chi connectivity index (χ0) is 13.7. The fourth-order valence-corrected chi connectivity index (χ4v) is 3.09. The maximum atomic E-state index is 12.0. The molecule has 0 aromatic heterocycles. The first kappa shape index (κ1) is 14.1. The molecule has 0 spiro atoms. The first-order chi connectivity index (χ1) is 9.26. The van der Waals surface area contributed by atoms with E-state index in [4.69, 9.17) is 0 Å². The van der Waals surface area contributed by atoms with Crippen molar-refractivity contribution in [3.05, 3.63) is 35.4 Å². The molecular formula is C17H25NO. The van der Waals surface area contributed by atoms with E-state index in [0.29, 0.717) is 5.92 Å². The summed E-state index contributed by atoms with van der Waals surface area (Å²) in [6.45, 7) is 4.97. The van der Waals surface area contributed by atoms with Crippen LogP contribution in [-0.2, 0) is 11.2 Å². The molecule has 1 aliphatic rings. The Kier molecular flexibility index (Phi) is 5.00. The van der Waals surface area contributed by atoms with E-state index in [1.54, 1.807) is 0 Å². The highest BCUT2D eigenvalue weighted by molar-refractivity contribution is 5.78. The molecule has 2 rings (SSSR count). The number of amides is 1. The molecule has 0 radical (unpaired) electrons. The first-order valence-electron chi connectivity index (χ1n) is 7.61. The molecular weight excluding hydrogens is 234 g/mol. The third-order valence-corrected chi connectivity index (χ3v) is 4.37. The maximum absolute atomic E-state index is 12.0. The second kappa shape index (κ2) is 6.74. The van der Waals surface area contributed by atoms with E-state index < -0.39 is 0 Å². The van der Waals surface area contributed by atoms with Gasteiger partial charge in [-0.05, 0) is 43.2 Å². The number of benzene rings is 1. The Balaban J connectivity index is 1.96. The summed E-state index contributed by atoms with van der Waals surface area (Å²) in [5.74, 6) is 0.912. The predicted octanol–water partition coefficient (Wildman–Crippen LogP) is 3.66. The Morgan fingerprint density at radius 3 is 2.79 bits per heavy atom. The van der Waals surface area contributed by atoms with Gasteiger partial charge in [-0.1, -0.05) is 38.1 Å². The van der Waals surface area contributed by atoms with E-state index in [0.717, 1.165) is 19.4 Å². The Hall–Kier alpha value is -1.31. The first-order valence-corrected chi connectivity index (χ1v) is 7.61. The van der Waals surface area contributed by atoms with Crippen LogP contribution >= 0.6 is 0 Å². The van der Waals surface area contributed by atoms with Gasteiger partial charge in [0.05, 0.1) is 0 Å². The van der Waals surface area contributed by atoms with Gasteiger partial charge in [-0.25, -0.2) is 0 Å². The lowest BCUT2D eigenvalue weighted by molar-refractivity contribution is -0.125. The minimum atomic E-state index is 0.179. The number of carbonyl (C=O) groups excluding carboxylic acids is 1. The van der Waals surface area contributed by atoms with Crippen LogP contribution < -0.4 is 5.32 Å². The van der Waals surface area contributed by atoms with Crippen LogP contribution in [0.25, 0.3) is 0 Å². The fourth-order valence-electron chi connectivity index (χ4n) is 3.09. The topological polar surface area (TPSA) is 29.1 Å². The lowest BCUT2D eigenvalue weighted by Crippen LogP contribution is -2.34. The van der Waals surface area contributed by atoms with Crippen molar-refractivity contribution in [3.63, 3.8) is 0 Å². The number of hydrogen-bond donors (Lipinski definition) is 1. The smallest absolute Gasteiger partial charge is 0.223 e. The lowest BCUT2D eigenvalue weighted by atomic mass is 9.83. The summed E-state index contributed by atoms with van der Waals surface area (Å²) in [5, 5.41) is 3.16. The molecule has 0 saturated carbocycles. The number of rotatable bonds is 5. The largest absolute Gasteiger partial charge is 0.355 e. The van der Waals surface area contributed by atoms with E-state index >= 15 is 0 Å². The third-order valence-electron chi connectivity index (χ3n) is 4.37. The fraction of sp³-hybridized carbons (Fsp3) is 0.588. The van der Waals surface area contributed by atoms with Crippen LogP contribution in [0.15, 0.2) is 24.3 Å². The van der Waals surface area contributed by atoms with Crippen LogP contribution in [0.1, 0.15) is 56.6 Å². The SMILES string of the molecule is CCC(CC)C(=O)NCC1CCCc2ccccc21. The Bertz CT molecular complexity index is 423. The monoisotopic (exact) mass is 259 g/mol. The van der Waals surface area contributed by atoms with Crippen LogP contribution in [0.3, 0.4) is 0 Å². The quantitative estimate of drug-likeness (QED) is 0.859. The summed E-state index contributed by atoms with van der Waals surface area (Å²) in [4.78, 5) is 12.0. The van der Waals surface area contributed by atoms with Crippen LogP contribution in [0.4, 0.5) is 0 Å². The molecule has 0 saturated heterocycles. The molecule has 1 atom stereocenters. The zero-order valence-corrected chi connectivity index (χ0v) is 12.1. The minimum absolute atomic E-state index is 0.179. The highest BCUT2D eigenvalue weighted by atomic mass is 16.1. The number of hydrogen-bond acceptors (Lipinski definition) is 1. The van der Waals surface area contributed by atoms with Crippen molar-refractivity contribution in [2.75, 3.05) is 6.54 Å². The molecule has 19 heavy (non-hydrogen) atoms. The molecule has 2 heteroatoms. The summed E-state index contributed by atoms with van der Waals surface area (Å²) in [6, 6.07) is 8.68. The summed E-state index contributed by atoms with van der Waals surface area (Å²) in [5.41, 5.74) is 2.91. The predicted molar refractivity (Wildman–Crippen MR) is 79.2 cm³/mol. The van der Waals surface area contributed by atoms with Crippen LogP contribution in [-0.4, -0.2) is 12.5 Å². The Morgan fingerprint density at radius 1 is 1.32 bits per heavy atom. The highest BCUT2D eigenvalue weighted by Gasteiger charge is 2.21. The molecule has 1 aromatic carbocycles. The van der Waals surface area contributed by atoms with Gasteiger partial charge in [0.25, 0.3) is 0 Å². The third kappa shape index (κ3) is 3.37. The van der Waals surface area contributed by atoms with Gasteiger partial charge in [-0.3, -0.25) is 4.79 Å². The second-order valence-electron chi connectivity index (χ2n) is 5.55. The van der Waals surface area contributed by atoms with Crippen LogP contribution in [0.5, 0.6) is 0 Å². The van der Waals surface area contributed by atoms with Gasteiger partial charge in [0.15, 0.2) is 0 Å². The molecule has 0 fully saturated rings. The van der Waals surface area contributed by atoms with Crippen molar-refractivity contribution in [1.82, 2.24) is 5.32 Å². The van der Waals surface area contributed by atoms with Crippen molar-refractivity contribution in [2.45, 2.75) is 51.9 Å². The molecule has 1 aliphatic carbocycles. The molecule has 0 heterocycles. The second-order valence-corrected chi connectivity index (χ2v) is 5.55. The van der Waals surface area contributed by atoms with Gasteiger partial charge >= 0.3 is 0 Å². The number of carbonyl (C=O) groups is 1. The maximum Gasteiger partial charge on any atom is 0.223 e. The van der Waals surface area contributed by atoms with Gasteiger partial charge < -0.3 is 5.32 Å². The summed E-state index contributed by atoms with van der Waals surface area (Å²) < 4.78 is 0. The molecule has 104 valence electrons. The molecule has 1 N–H and O–H groups in total. The molecule has 0 aliphatic heterocycles. The average Bonchev–Trinajstić information content (AvgIpc) is 2.46. The number of aryl methyl sites for hydroxylation is 1. The summed E-state index contributed by atoms with van der Waals surface area (Å²) in [6.07, 6.45) is 5.49. The van der Waals surface area contributed by atoms with Crippen LogP contribution in [0, 0.1) is 5.92 Å². The number of fused-ring (bicyclic) bond motifs is 1. The van der Waals surface area contributed by atoms with Crippen molar-refractivity contribution in [3.8, 4) is 0 Å². The van der Waals surface area contributed by atoms with Gasteiger partial charge in [0.1, 0.15) is 0 Å². The minimum Gasteiger partial charge on any atom is -0.355 e. The van der Waals surface area contributed by atoms with Gasteiger partial charge in [-0.15, -0.1) is 0 Å². The highest BCUT2D eigenvalue weighted by Crippen LogP contribution is 2.30. The van der Waals surface area contributed by atoms with Gasteiger partial charge in [-0.2, -0.15) is 0 Å². The van der Waals surface area contributed by atoms with Crippen LogP contribution in [0.2, 0.25) is 0 Å². The molecule has 1 amide bonds. The van der Waals surface area contributed by atoms with E-state index in [9.17, 15) is 4.79 Å². The van der Waals surface area contributed by atoms with Crippen molar-refractivity contribution in [1.29, 1.82) is 0 Å². The van der Waals surface area contributed by atoms with E-state index in [1.807, 2.05) is 0 Å². The zero-order valence-electron chi connectivity index (χ0n) is 12.1. The standard InChI is InChI=1S/C17H25NO/c1-3-13(4-2)17(19)18-12-15-10-7-9-14-8-5-6-11-16(14)15/h5-6,8,11,13,15H,3-4,7,9-10,12H2,1-2H3,(H,18,19). The van der Waals surface area contributed by atoms with Crippen molar-refractivity contribution >= 4 is 5.91 Å². The van der Waals surface area contributed by atoms with E-state index in [1.165, 1.54) is 30.4 Å². The molecule has 1 unspecified atom stereocenters. The average molecular weight is 259 g/mol. The molecule has 2 nitrogen and oxygen atoms in total. The molecule has 1 aromatic rings. The van der Waals surface area contributed by atoms with Gasteiger partial charge in [0.2, 0.25) is 5.91 Å². The van der Waals surface area contributed by atoms with Crippen molar-refractivity contribution < 1.29 is 4.79 Å². The molecule has 0 bridgehead atoms. The van der Waals surface area contributed by atoms with Crippen molar-refractivity contribution in [2.24, 2.45) is 5.92 Å². The summed E-state index contributed by atoms with van der Waals surface area (Å²) in [7, 11) is 0. The lowest BCUT2D eigenvalue weighted by Gasteiger charge is -2.26. The summed E-state index contributed by atoms with van der Waals surface area (Å²) >= 11 is 0. The Morgan fingerprint density at radius 2 is 2.05 bits per heavy atom. The van der Waals surface area contributed by atoms with E-state index in [-0.39, 0.29) is 11.8 Å².